The standard InChI is InChI=1S/C15H13ClF2O3/c1-20-12-6-9(10(16)7-13(12)21-2)15(19)8-4-3-5-11(17)14(8)18/h3-7,15,19H,1-2H3. The minimum absolute atomic E-state index is 0.156. The molecule has 2 aromatic rings. The number of hydrogen-bond donors (Lipinski definition) is 1. The molecule has 2 rings (SSSR count). The van der Waals surface area contributed by atoms with Gasteiger partial charge in [0, 0.05) is 17.2 Å². The molecule has 1 unspecified atom stereocenters. The summed E-state index contributed by atoms with van der Waals surface area (Å²) < 4.78 is 37.2. The third-order valence-electron chi connectivity index (χ3n) is 3.07. The van der Waals surface area contributed by atoms with Crippen LogP contribution < -0.4 is 9.47 Å². The lowest BCUT2D eigenvalue weighted by atomic mass is 10.00. The maximum absolute atomic E-state index is 13.8. The number of halogens is 3. The van der Waals surface area contributed by atoms with Crippen LogP contribution in [0.4, 0.5) is 8.78 Å². The van der Waals surface area contributed by atoms with Gasteiger partial charge in [0.1, 0.15) is 6.10 Å². The number of rotatable bonds is 4. The Hall–Kier alpha value is -1.85. The van der Waals surface area contributed by atoms with Crippen LogP contribution in [-0.4, -0.2) is 19.3 Å². The van der Waals surface area contributed by atoms with Crippen LogP contribution >= 0.6 is 11.6 Å². The van der Waals surface area contributed by atoms with Gasteiger partial charge in [-0.25, -0.2) is 8.78 Å². The van der Waals surface area contributed by atoms with Crippen molar-refractivity contribution >= 4 is 11.6 Å². The summed E-state index contributed by atoms with van der Waals surface area (Å²) in [6.07, 6.45) is -1.42. The summed E-state index contributed by atoms with van der Waals surface area (Å²) in [6, 6.07) is 6.44. The molecule has 0 saturated carbocycles. The van der Waals surface area contributed by atoms with Gasteiger partial charge in [-0.15, -0.1) is 0 Å². The van der Waals surface area contributed by atoms with Crippen molar-refractivity contribution in [2.75, 3.05) is 14.2 Å². The van der Waals surface area contributed by atoms with E-state index in [1.54, 1.807) is 0 Å². The largest absolute Gasteiger partial charge is 0.493 e. The lowest BCUT2D eigenvalue weighted by Crippen LogP contribution is -2.06. The van der Waals surface area contributed by atoms with E-state index >= 15 is 0 Å². The molecule has 1 atom stereocenters. The van der Waals surface area contributed by atoms with Gasteiger partial charge in [-0.2, -0.15) is 0 Å². The Kier molecular flexibility index (Phi) is 4.65. The van der Waals surface area contributed by atoms with Gasteiger partial charge >= 0.3 is 0 Å². The highest BCUT2D eigenvalue weighted by molar-refractivity contribution is 6.31. The zero-order chi connectivity index (χ0) is 15.6. The molecule has 0 bridgehead atoms. The summed E-state index contributed by atoms with van der Waals surface area (Å²) in [7, 11) is 2.86. The number of methoxy groups -OCH3 is 2. The van der Waals surface area contributed by atoms with E-state index in [1.165, 1.54) is 38.5 Å². The summed E-state index contributed by atoms with van der Waals surface area (Å²) in [5.41, 5.74) is -0.0112. The highest BCUT2D eigenvalue weighted by Crippen LogP contribution is 2.38. The predicted molar refractivity (Wildman–Crippen MR) is 75.0 cm³/mol. The fourth-order valence-corrected chi connectivity index (χ4v) is 2.24. The number of aliphatic hydroxyl groups excluding tert-OH is 1. The molecule has 0 aliphatic carbocycles. The minimum Gasteiger partial charge on any atom is -0.493 e. The van der Waals surface area contributed by atoms with Crippen LogP contribution in [0.25, 0.3) is 0 Å². The fraction of sp³-hybridized carbons (Fsp3) is 0.200. The normalized spacial score (nSPS) is 12.1. The Balaban J connectivity index is 2.53. The second kappa shape index (κ2) is 6.28. The van der Waals surface area contributed by atoms with Gasteiger partial charge in [0.25, 0.3) is 0 Å². The van der Waals surface area contributed by atoms with E-state index < -0.39 is 17.7 Å². The van der Waals surface area contributed by atoms with Crippen molar-refractivity contribution in [2.24, 2.45) is 0 Å². The molecular weight excluding hydrogens is 302 g/mol. The van der Waals surface area contributed by atoms with Crippen LogP contribution in [0.1, 0.15) is 17.2 Å². The summed E-state index contributed by atoms with van der Waals surface area (Å²) in [6.45, 7) is 0. The average Bonchev–Trinajstić information content (AvgIpc) is 2.49. The molecule has 0 aromatic heterocycles. The first-order valence-electron chi connectivity index (χ1n) is 6.03. The van der Waals surface area contributed by atoms with Crippen molar-refractivity contribution in [1.82, 2.24) is 0 Å². The second-order valence-electron chi connectivity index (χ2n) is 4.27. The van der Waals surface area contributed by atoms with Gasteiger partial charge in [0.15, 0.2) is 23.1 Å². The zero-order valence-electron chi connectivity index (χ0n) is 11.4. The Morgan fingerprint density at radius 2 is 1.67 bits per heavy atom. The Labute approximate surface area is 125 Å². The Bertz CT molecular complexity index is 662. The van der Waals surface area contributed by atoms with Crippen molar-refractivity contribution in [1.29, 1.82) is 0 Å². The molecule has 6 heteroatoms. The highest BCUT2D eigenvalue weighted by atomic mass is 35.5. The number of benzene rings is 2. The summed E-state index contributed by atoms with van der Waals surface area (Å²) in [5.74, 6) is -1.45. The predicted octanol–water partition coefficient (Wildman–Crippen LogP) is 3.72. The first-order valence-corrected chi connectivity index (χ1v) is 6.40. The van der Waals surface area contributed by atoms with Crippen LogP contribution in [0.3, 0.4) is 0 Å². The molecule has 0 aliphatic rings. The van der Waals surface area contributed by atoms with Crippen LogP contribution in [-0.2, 0) is 0 Å². The lowest BCUT2D eigenvalue weighted by molar-refractivity contribution is 0.212. The first-order chi connectivity index (χ1) is 9.99. The van der Waals surface area contributed by atoms with Gasteiger partial charge in [-0.3, -0.25) is 0 Å². The van der Waals surface area contributed by atoms with Crippen LogP contribution in [0.2, 0.25) is 5.02 Å². The molecular formula is C15H13ClF2O3. The molecule has 3 nitrogen and oxygen atoms in total. The smallest absolute Gasteiger partial charge is 0.164 e. The van der Waals surface area contributed by atoms with E-state index in [0.29, 0.717) is 11.5 Å². The SMILES string of the molecule is COc1cc(Cl)c(C(O)c2cccc(F)c2F)cc1OC. The molecule has 21 heavy (non-hydrogen) atoms. The number of hydrogen-bond acceptors (Lipinski definition) is 3. The summed E-state index contributed by atoms with van der Waals surface area (Å²) in [4.78, 5) is 0. The molecule has 112 valence electrons. The average molecular weight is 315 g/mol. The van der Waals surface area contributed by atoms with Gasteiger partial charge in [-0.1, -0.05) is 23.7 Å². The van der Waals surface area contributed by atoms with E-state index in [1.807, 2.05) is 0 Å². The van der Waals surface area contributed by atoms with Gasteiger partial charge in [0.05, 0.1) is 19.2 Å². The molecule has 0 spiro atoms. The second-order valence-corrected chi connectivity index (χ2v) is 4.68. The molecule has 0 heterocycles. The Morgan fingerprint density at radius 3 is 2.29 bits per heavy atom. The number of ether oxygens (including phenoxy) is 2. The van der Waals surface area contributed by atoms with Gasteiger partial charge < -0.3 is 14.6 Å². The molecule has 2 aromatic carbocycles. The van der Waals surface area contributed by atoms with E-state index in [2.05, 4.69) is 0 Å². The summed E-state index contributed by atoms with van der Waals surface area (Å²) >= 11 is 6.06. The third-order valence-corrected chi connectivity index (χ3v) is 3.40. The molecule has 0 fully saturated rings. The molecule has 0 saturated heterocycles. The first kappa shape index (κ1) is 15.5. The van der Waals surface area contributed by atoms with Crippen molar-refractivity contribution in [3.63, 3.8) is 0 Å². The van der Waals surface area contributed by atoms with Crippen molar-refractivity contribution in [2.45, 2.75) is 6.10 Å². The Morgan fingerprint density at radius 1 is 1.05 bits per heavy atom. The van der Waals surface area contributed by atoms with Crippen LogP contribution in [0.15, 0.2) is 30.3 Å². The zero-order valence-corrected chi connectivity index (χ0v) is 12.1. The van der Waals surface area contributed by atoms with Crippen molar-refractivity contribution in [3.05, 3.63) is 58.1 Å². The quantitative estimate of drug-likeness (QED) is 0.935. The maximum atomic E-state index is 13.8. The van der Waals surface area contributed by atoms with Crippen LogP contribution in [0.5, 0.6) is 11.5 Å². The third kappa shape index (κ3) is 2.94. The van der Waals surface area contributed by atoms with E-state index in [4.69, 9.17) is 21.1 Å². The van der Waals surface area contributed by atoms with Crippen molar-refractivity contribution < 1.29 is 23.4 Å². The van der Waals surface area contributed by atoms with E-state index in [0.717, 1.165) is 6.07 Å². The lowest BCUT2D eigenvalue weighted by Gasteiger charge is -2.17. The number of aliphatic hydroxyl groups is 1. The van der Waals surface area contributed by atoms with E-state index in [-0.39, 0.29) is 16.1 Å². The maximum Gasteiger partial charge on any atom is 0.164 e. The van der Waals surface area contributed by atoms with Gasteiger partial charge in [0.2, 0.25) is 0 Å². The van der Waals surface area contributed by atoms with Gasteiger partial charge in [-0.05, 0) is 12.1 Å². The van der Waals surface area contributed by atoms with Crippen molar-refractivity contribution in [3.8, 4) is 11.5 Å². The minimum atomic E-state index is -1.42. The monoisotopic (exact) mass is 314 g/mol. The topological polar surface area (TPSA) is 38.7 Å². The highest BCUT2D eigenvalue weighted by Gasteiger charge is 2.22. The molecule has 0 aliphatic heterocycles. The van der Waals surface area contributed by atoms with Crippen LogP contribution in [0, 0.1) is 11.6 Å². The molecule has 0 radical (unpaired) electrons. The molecule has 0 amide bonds. The summed E-state index contributed by atoms with van der Waals surface area (Å²) in [5, 5.41) is 10.4. The molecule has 1 N–H and O–H groups in total. The van der Waals surface area contributed by atoms with E-state index in [9.17, 15) is 13.9 Å². The fourth-order valence-electron chi connectivity index (χ4n) is 1.98.